The molecule has 1 aromatic carbocycles. The Bertz CT molecular complexity index is 346. The van der Waals surface area contributed by atoms with Crippen molar-refractivity contribution in [1.82, 2.24) is 0 Å². The van der Waals surface area contributed by atoms with Crippen molar-refractivity contribution in [3.63, 3.8) is 0 Å². The highest BCUT2D eigenvalue weighted by atomic mass is 32.1. The number of thiocarbonyl (C=S) groups is 1. The third kappa shape index (κ3) is 2.99. The topological polar surface area (TPSA) is 9.23 Å². The first-order valence-corrected chi connectivity index (χ1v) is 4.16. The van der Waals surface area contributed by atoms with E-state index in [0.717, 1.165) is 0 Å². The summed E-state index contributed by atoms with van der Waals surface area (Å²) >= 11 is 4.79. The van der Waals surface area contributed by atoms with E-state index in [9.17, 15) is 13.2 Å². The van der Waals surface area contributed by atoms with E-state index in [1.165, 1.54) is 18.2 Å². The fraction of sp³-hybridized carbons (Fsp3) is 0.222. The maximum atomic E-state index is 11.9. The lowest BCUT2D eigenvalue weighted by Crippen LogP contribution is -2.18. The zero-order chi connectivity index (χ0) is 10.8. The number of ether oxygens (including phenoxy) is 1. The van der Waals surface area contributed by atoms with Crippen molar-refractivity contribution < 1.29 is 17.9 Å². The van der Waals surface area contributed by atoms with E-state index in [4.69, 9.17) is 12.2 Å². The van der Waals surface area contributed by atoms with E-state index in [1.807, 2.05) is 0 Å². The maximum absolute atomic E-state index is 11.9. The molecule has 0 radical (unpaired) electrons. The lowest BCUT2D eigenvalue weighted by Gasteiger charge is -2.11. The molecule has 0 saturated carbocycles. The molecule has 0 aliphatic rings. The normalized spacial score (nSPS) is 11.1. The van der Waals surface area contributed by atoms with E-state index in [0.29, 0.717) is 10.4 Å². The van der Waals surface area contributed by atoms with Gasteiger partial charge in [-0.15, -0.1) is 13.2 Å². The molecule has 0 aliphatic heterocycles. The Morgan fingerprint density at radius 1 is 1.29 bits per heavy atom. The largest absolute Gasteiger partial charge is 0.573 e. The Kier molecular flexibility index (Phi) is 3.10. The molecule has 0 unspecified atom stereocenters. The summed E-state index contributed by atoms with van der Waals surface area (Å²) in [6.45, 7) is 1.55. The molecule has 0 heterocycles. The van der Waals surface area contributed by atoms with Crippen LogP contribution in [0.1, 0.15) is 12.5 Å². The van der Waals surface area contributed by atoms with Crippen LogP contribution in [0.3, 0.4) is 0 Å². The van der Waals surface area contributed by atoms with E-state index in [1.54, 1.807) is 13.0 Å². The fourth-order valence-electron chi connectivity index (χ4n) is 0.971. The second-order valence-corrected chi connectivity index (χ2v) is 3.21. The molecule has 0 bridgehead atoms. The van der Waals surface area contributed by atoms with Gasteiger partial charge in [0.25, 0.3) is 0 Å². The number of hydrogen-bond acceptors (Lipinski definition) is 2. The zero-order valence-corrected chi connectivity index (χ0v) is 8.08. The summed E-state index contributed by atoms with van der Waals surface area (Å²) in [6, 6.07) is 5.79. The first-order chi connectivity index (χ1) is 6.40. The molecule has 0 N–H and O–H groups in total. The second-order valence-electron chi connectivity index (χ2n) is 2.60. The highest BCUT2D eigenvalue weighted by Gasteiger charge is 2.32. The van der Waals surface area contributed by atoms with Crippen LogP contribution in [0, 0.1) is 0 Å². The van der Waals surface area contributed by atoms with Crippen molar-refractivity contribution in [1.29, 1.82) is 0 Å². The number of benzene rings is 1. The molecular weight excluding hydrogens is 213 g/mol. The summed E-state index contributed by atoms with van der Waals surface area (Å²) in [6.07, 6.45) is -4.68. The van der Waals surface area contributed by atoms with Gasteiger partial charge in [-0.25, -0.2) is 0 Å². The van der Waals surface area contributed by atoms with Gasteiger partial charge in [-0.05, 0) is 13.0 Å². The van der Waals surface area contributed by atoms with Crippen molar-refractivity contribution in [2.45, 2.75) is 13.3 Å². The molecule has 1 aromatic rings. The standard InChI is InChI=1S/C9H7F3OS/c1-6(14)7-4-2-3-5-8(7)13-9(10,11)12/h2-5H,1H3. The summed E-state index contributed by atoms with van der Waals surface area (Å²) in [5.41, 5.74) is 0.292. The van der Waals surface area contributed by atoms with Crippen molar-refractivity contribution in [2.75, 3.05) is 0 Å². The van der Waals surface area contributed by atoms with Gasteiger partial charge in [-0.3, -0.25) is 0 Å². The number of halogens is 3. The SMILES string of the molecule is CC(=S)c1ccccc1OC(F)(F)F. The van der Waals surface area contributed by atoms with Gasteiger partial charge in [-0.1, -0.05) is 30.4 Å². The minimum atomic E-state index is -4.68. The van der Waals surface area contributed by atoms with Gasteiger partial charge >= 0.3 is 6.36 Å². The first-order valence-electron chi connectivity index (χ1n) is 3.76. The quantitative estimate of drug-likeness (QED) is 0.558. The Morgan fingerprint density at radius 2 is 1.86 bits per heavy atom. The number of hydrogen-bond donors (Lipinski definition) is 0. The van der Waals surface area contributed by atoms with Gasteiger partial charge < -0.3 is 4.74 Å². The molecule has 0 spiro atoms. The lowest BCUT2D eigenvalue weighted by molar-refractivity contribution is -0.274. The Balaban J connectivity index is 3.02. The Labute approximate surface area is 84.5 Å². The number of alkyl halides is 3. The van der Waals surface area contributed by atoms with Crippen LogP contribution in [-0.4, -0.2) is 11.2 Å². The molecule has 0 atom stereocenters. The molecule has 1 nitrogen and oxygen atoms in total. The van der Waals surface area contributed by atoms with Gasteiger partial charge in [0.2, 0.25) is 0 Å². The van der Waals surface area contributed by atoms with E-state index < -0.39 is 6.36 Å². The number of rotatable bonds is 2. The summed E-state index contributed by atoms with van der Waals surface area (Å²) < 4.78 is 39.6. The van der Waals surface area contributed by atoms with Crippen molar-refractivity contribution in [3.05, 3.63) is 29.8 Å². The zero-order valence-electron chi connectivity index (χ0n) is 7.26. The van der Waals surface area contributed by atoms with Crippen LogP contribution in [0.2, 0.25) is 0 Å². The van der Waals surface area contributed by atoms with Gasteiger partial charge in [0.1, 0.15) is 5.75 Å². The Hall–Kier alpha value is -1.10. The van der Waals surface area contributed by atoms with Crippen molar-refractivity contribution in [3.8, 4) is 5.75 Å². The number of para-hydroxylation sites is 1. The lowest BCUT2D eigenvalue weighted by atomic mass is 10.1. The van der Waals surface area contributed by atoms with Gasteiger partial charge in [0.05, 0.1) is 0 Å². The predicted octanol–water partition coefficient (Wildman–Crippen LogP) is 3.32. The molecule has 5 heteroatoms. The fourth-order valence-corrected chi connectivity index (χ4v) is 1.14. The molecule has 0 amide bonds. The second kappa shape index (κ2) is 3.96. The minimum absolute atomic E-state index is 0.257. The molecular formula is C9H7F3OS. The third-order valence-electron chi connectivity index (χ3n) is 1.49. The highest BCUT2D eigenvalue weighted by Crippen LogP contribution is 2.26. The average Bonchev–Trinajstić information content (AvgIpc) is 2.01. The van der Waals surface area contributed by atoms with E-state index >= 15 is 0 Å². The highest BCUT2D eigenvalue weighted by molar-refractivity contribution is 7.80. The van der Waals surface area contributed by atoms with Gasteiger partial charge in [0.15, 0.2) is 0 Å². The molecule has 1 rings (SSSR count). The van der Waals surface area contributed by atoms with Crippen molar-refractivity contribution >= 4 is 17.1 Å². The summed E-state index contributed by atoms with van der Waals surface area (Å²) in [7, 11) is 0. The first kappa shape index (κ1) is 11.0. The molecule has 0 fully saturated rings. The van der Waals surface area contributed by atoms with Crippen LogP contribution in [0.4, 0.5) is 13.2 Å². The average molecular weight is 220 g/mol. The Morgan fingerprint density at radius 3 is 2.36 bits per heavy atom. The van der Waals surface area contributed by atoms with E-state index in [-0.39, 0.29) is 5.75 Å². The van der Waals surface area contributed by atoms with Crippen LogP contribution >= 0.6 is 12.2 Å². The molecule has 14 heavy (non-hydrogen) atoms. The monoisotopic (exact) mass is 220 g/mol. The smallest absolute Gasteiger partial charge is 0.405 e. The molecule has 0 aromatic heterocycles. The van der Waals surface area contributed by atoms with Crippen molar-refractivity contribution in [2.24, 2.45) is 0 Å². The van der Waals surface area contributed by atoms with Crippen LogP contribution in [0.5, 0.6) is 5.75 Å². The van der Waals surface area contributed by atoms with Gasteiger partial charge in [0, 0.05) is 10.4 Å². The summed E-state index contributed by atoms with van der Waals surface area (Å²) in [4.78, 5) is 0.366. The molecule has 0 aliphatic carbocycles. The van der Waals surface area contributed by atoms with E-state index in [2.05, 4.69) is 4.74 Å². The van der Waals surface area contributed by atoms with Crippen LogP contribution in [-0.2, 0) is 0 Å². The maximum Gasteiger partial charge on any atom is 0.573 e. The summed E-state index contributed by atoms with van der Waals surface area (Å²) in [5, 5.41) is 0. The predicted molar refractivity (Wildman–Crippen MR) is 50.5 cm³/mol. The van der Waals surface area contributed by atoms with Crippen LogP contribution in [0.25, 0.3) is 0 Å². The third-order valence-corrected chi connectivity index (χ3v) is 1.71. The minimum Gasteiger partial charge on any atom is -0.405 e. The van der Waals surface area contributed by atoms with Gasteiger partial charge in [-0.2, -0.15) is 0 Å². The summed E-state index contributed by atoms with van der Waals surface area (Å²) in [5.74, 6) is -0.257. The molecule has 76 valence electrons. The van der Waals surface area contributed by atoms with Crippen LogP contribution < -0.4 is 4.74 Å². The van der Waals surface area contributed by atoms with Crippen LogP contribution in [0.15, 0.2) is 24.3 Å². The molecule has 0 saturated heterocycles.